The predicted molar refractivity (Wildman–Crippen MR) is 58.5 cm³/mol. The number of rotatable bonds is 0. The first-order chi connectivity index (χ1) is 6.93. The van der Waals surface area contributed by atoms with Crippen molar-refractivity contribution in [3.63, 3.8) is 0 Å². The predicted octanol–water partition coefficient (Wildman–Crippen LogP) is 3.25. The molecule has 0 N–H and O–H groups in total. The van der Waals surface area contributed by atoms with Crippen LogP contribution < -0.4 is 4.74 Å². The molecule has 0 aliphatic carbocycles. The van der Waals surface area contributed by atoms with Crippen LogP contribution in [-0.2, 0) is 0 Å². The molecule has 1 aliphatic heterocycles. The van der Waals surface area contributed by atoms with Crippen LogP contribution >= 0.6 is 0 Å². The Morgan fingerprint density at radius 3 is 2.64 bits per heavy atom. The van der Waals surface area contributed by atoms with E-state index in [1.807, 2.05) is 12.1 Å². The van der Waals surface area contributed by atoms with Gasteiger partial charge in [0.05, 0.1) is 0 Å². The summed E-state index contributed by atoms with van der Waals surface area (Å²) in [7, 11) is 0. The molecule has 14 heavy (non-hydrogen) atoms. The first-order valence-corrected chi connectivity index (χ1v) is 4.76. The van der Waals surface area contributed by atoms with E-state index in [0.29, 0.717) is 6.61 Å². The maximum absolute atomic E-state index is 5.54. The highest BCUT2D eigenvalue weighted by molar-refractivity contribution is 5.87. The van der Waals surface area contributed by atoms with Gasteiger partial charge in [-0.05, 0) is 29.0 Å². The average molecular weight is 182 g/mol. The Hall–Kier alpha value is -1.76. The third-order valence-electron chi connectivity index (χ3n) is 2.51. The standard InChI is InChI=1S/C13H10O/c1-2-5-11-9-13-12(6-3-7-14-13)8-10(11)4-1/h1-6,8-9H,7H2. The molecule has 1 aliphatic rings. The van der Waals surface area contributed by atoms with Crippen LogP contribution in [0.4, 0.5) is 0 Å². The maximum Gasteiger partial charge on any atom is 0.127 e. The van der Waals surface area contributed by atoms with Crippen molar-refractivity contribution in [2.45, 2.75) is 0 Å². The van der Waals surface area contributed by atoms with Crippen molar-refractivity contribution in [3.8, 4) is 5.75 Å². The minimum Gasteiger partial charge on any atom is -0.489 e. The summed E-state index contributed by atoms with van der Waals surface area (Å²) in [5.74, 6) is 0.992. The van der Waals surface area contributed by atoms with Gasteiger partial charge in [-0.1, -0.05) is 30.3 Å². The van der Waals surface area contributed by atoms with Crippen LogP contribution in [0.5, 0.6) is 5.75 Å². The summed E-state index contributed by atoms with van der Waals surface area (Å²) in [4.78, 5) is 0. The number of fused-ring (bicyclic) bond motifs is 2. The molecular formula is C13H10O. The molecule has 0 saturated carbocycles. The summed E-state index contributed by atoms with van der Waals surface area (Å²) in [6, 6.07) is 12.6. The molecule has 0 saturated heterocycles. The molecule has 0 aromatic heterocycles. The summed E-state index contributed by atoms with van der Waals surface area (Å²) < 4.78 is 5.54. The lowest BCUT2D eigenvalue weighted by Crippen LogP contribution is -1.99. The topological polar surface area (TPSA) is 9.23 Å². The Morgan fingerprint density at radius 2 is 1.79 bits per heavy atom. The monoisotopic (exact) mass is 182 g/mol. The van der Waals surface area contributed by atoms with Gasteiger partial charge in [0, 0.05) is 5.56 Å². The fourth-order valence-corrected chi connectivity index (χ4v) is 1.81. The van der Waals surface area contributed by atoms with Gasteiger partial charge < -0.3 is 4.74 Å². The average Bonchev–Trinajstić information content (AvgIpc) is 2.26. The van der Waals surface area contributed by atoms with Gasteiger partial charge in [0.2, 0.25) is 0 Å². The normalized spacial score (nSPS) is 13.7. The number of ether oxygens (including phenoxy) is 1. The molecule has 1 nitrogen and oxygen atoms in total. The van der Waals surface area contributed by atoms with Gasteiger partial charge >= 0.3 is 0 Å². The van der Waals surface area contributed by atoms with Crippen molar-refractivity contribution in [2.75, 3.05) is 6.61 Å². The van der Waals surface area contributed by atoms with E-state index in [4.69, 9.17) is 4.74 Å². The van der Waals surface area contributed by atoms with E-state index >= 15 is 0 Å². The molecule has 0 radical (unpaired) electrons. The Kier molecular flexibility index (Phi) is 1.57. The Morgan fingerprint density at radius 1 is 1.00 bits per heavy atom. The van der Waals surface area contributed by atoms with Gasteiger partial charge in [-0.25, -0.2) is 0 Å². The lowest BCUT2D eigenvalue weighted by atomic mass is 10.0. The fraction of sp³-hybridized carbons (Fsp3) is 0.0769. The van der Waals surface area contributed by atoms with Gasteiger partial charge in [0.15, 0.2) is 0 Å². The van der Waals surface area contributed by atoms with Crippen molar-refractivity contribution in [1.82, 2.24) is 0 Å². The zero-order valence-corrected chi connectivity index (χ0v) is 7.73. The van der Waals surface area contributed by atoms with E-state index in [9.17, 15) is 0 Å². The van der Waals surface area contributed by atoms with Crippen LogP contribution in [0, 0.1) is 0 Å². The highest BCUT2D eigenvalue weighted by atomic mass is 16.5. The second kappa shape index (κ2) is 2.88. The third-order valence-corrected chi connectivity index (χ3v) is 2.51. The third kappa shape index (κ3) is 1.10. The van der Waals surface area contributed by atoms with E-state index in [1.54, 1.807) is 0 Å². The molecule has 0 unspecified atom stereocenters. The summed E-state index contributed by atoms with van der Waals surface area (Å²) in [6.45, 7) is 0.686. The van der Waals surface area contributed by atoms with Gasteiger partial charge in [0.1, 0.15) is 12.4 Å². The van der Waals surface area contributed by atoms with Gasteiger partial charge in [-0.3, -0.25) is 0 Å². The molecule has 3 rings (SSSR count). The molecule has 0 bridgehead atoms. The summed E-state index contributed by atoms with van der Waals surface area (Å²) in [5, 5.41) is 2.50. The van der Waals surface area contributed by atoms with Crippen LogP contribution in [0.3, 0.4) is 0 Å². The van der Waals surface area contributed by atoms with E-state index in [-0.39, 0.29) is 0 Å². The van der Waals surface area contributed by atoms with Gasteiger partial charge in [0.25, 0.3) is 0 Å². The molecule has 0 fully saturated rings. The molecular weight excluding hydrogens is 172 g/mol. The maximum atomic E-state index is 5.54. The first-order valence-electron chi connectivity index (χ1n) is 4.76. The zero-order valence-electron chi connectivity index (χ0n) is 7.73. The summed E-state index contributed by atoms with van der Waals surface area (Å²) >= 11 is 0. The SMILES string of the molecule is C1=Cc2cc3ccccc3cc2OC1. The van der Waals surface area contributed by atoms with Crippen molar-refractivity contribution >= 4 is 16.8 Å². The second-order valence-electron chi connectivity index (χ2n) is 3.45. The lowest BCUT2D eigenvalue weighted by molar-refractivity contribution is 0.359. The molecule has 2 aromatic carbocycles. The van der Waals surface area contributed by atoms with Crippen LogP contribution in [0.15, 0.2) is 42.5 Å². The van der Waals surface area contributed by atoms with Crippen molar-refractivity contribution in [3.05, 3.63) is 48.0 Å². The first kappa shape index (κ1) is 7.63. The largest absolute Gasteiger partial charge is 0.489 e. The van der Waals surface area contributed by atoms with E-state index in [2.05, 4.69) is 36.4 Å². The number of benzene rings is 2. The molecule has 68 valence electrons. The lowest BCUT2D eigenvalue weighted by Gasteiger charge is -2.13. The summed E-state index contributed by atoms with van der Waals surface area (Å²) in [5.41, 5.74) is 1.18. The zero-order chi connectivity index (χ0) is 9.38. The molecule has 2 aromatic rings. The molecule has 1 heterocycles. The molecule has 0 amide bonds. The van der Waals surface area contributed by atoms with Crippen LogP contribution in [-0.4, -0.2) is 6.61 Å². The van der Waals surface area contributed by atoms with Crippen molar-refractivity contribution < 1.29 is 4.74 Å². The van der Waals surface area contributed by atoms with Crippen LogP contribution in [0.25, 0.3) is 16.8 Å². The molecule has 0 spiro atoms. The Balaban J connectivity index is 2.34. The minimum atomic E-state index is 0.686. The van der Waals surface area contributed by atoms with Gasteiger partial charge in [-0.15, -0.1) is 0 Å². The Labute approximate surface area is 82.6 Å². The fourth-order valence-electron chi connectivity index (χ4n) is 1.81. The van der Waals surface area contributed by atoms with Crippen LogP contribution in [0.2, 0.25) is 0 Å². The van der Waals surface area contributed by atoms with E-state index in [1.165, 1.54) is 16.3 Å². The highest BCUT2D eigenvalue weighted by Crippen LogP contribution is 2.28. The number of hydrogen-bond acceptors (Lipinski definition) is 1. The van der Waals surface area contributed by atoms with Crippen molar-refractivity contribution in [2.24, 2.45) is 0 Å². The van der Waals surface area contributed by atoms with E-state index < -0.39 is 0 Å². The van der Waals surface area contributed by atoms with Crippen LogP contribution in [0.1, 0.15) is 5.56 Å². The second-order valence-corrected chi connectivity index (χ2v) is 3.45. The quantitative estimate of drug-likeness (QED) is 0.607. The molecule has 1 heteroatoms. The number of hydrogen-bond donors (Lipinski definition) is 0. The van der Waals surface area contributed by atoms with Gasteiger partial charge in [-0.2, -0.15) is 0 Å². The highest BCUT2D eigenvalue weighted by Gasteiger charge is 2.06. The smallest absolute Gasteiger partial charge is 0.127 e. The van der Waals surface area contributed by atoms with Crippen molar-refractivity contribution in [1.29, 1.82) is 0 Å². The summed E-state index contributed by atoms with van der Waals surface area (Å²) in [6.07, 6.45) is 4.16. The molecule has 0 atom stereocenters. The Bertz CT molecular complexity index is 512. The van der Waals surface area contributed by atoms with E-state index in [0.717, 1.165) is 5.75 Å². The minimum absolute atomic E-state index is 0.686.